The number of methoxy groups -OCH3 is 1. The second-order valence-corrected chi connectivity index (χ2v) is 3.56. The SMILES string of the molecule is B[C@@H]1O[C@]2(ON)C(OC)C1O[C@H]2C. The van der Waals surface area contributed by atoms with E-state index in [0.717, 1.165) is 0 Å². The molecule has 13 heavy (non-hydrogen) atoms. The van der Waals surface area contributed by atoms with Gasteiger partial charge in [-0.05, 0) is 6.92 Å². The lowest BCUT2D eigenvalue weighted by atomic mass is 9.93. The maximum absolute atomic E-state index is 5.62. The molecule has 2 aliphatic heterocycles. The van der Waals surface area contributed by atoms with E-state index in [0.29, 0.717) is 0 Å². The molecule has 0 amide bonds. The van der Waals surface area contributed by atoms with E-state index in [1.807, 2.05) is 14.8 Å². The molecule has 5 atom stereocenters. The van der Waals surface area contributed by atoms with Crippen LogP contribution in [-0.2, 0) is 19.0 Å². The minimum absolute atomic E-state index is 0.0373. The number of ether oxygens (including phenoxy) is 3. The lowest BCUT2D eigenvalue weighted by Gasteiger charge is -2.32. The Balaban J connectivity index is 2.29. The highest BCUT2D eigenvalue weighted by atomic mass is 16.8. The first-order valence-electron chi connectivity index (χ1n) is 4.39. The Bertz CT molecular complexity index is 217. The smallest absolute Gasteiger partial charge is 0.242 e. The average Bonchev–Trinajstić information content (AvgIpc) is 2.54. The maximum atomic E-state index is 5.62. The van der Waals surface area contributed by atoms with Crippen LogP contribution >= 0.6 is 0 Å². The van der Waals surface area contributed by atoms with Crippen molar-refractivity contribution in [3.8, 4) is 0 Å². The van der Waals surface area contributed by atoms with Crippen molar-refractivity contribution in [1.29, 1.82) is 0 Å². The predicted octanol–water partition coefficient (Wildman–Crippen LogP) is -1.64. The van der Waals surface area contributed by atoms with Crippen LogP contribution in [0.3, 0.4) is 0 Å². The number of nitrogens with two attached hydrogens (primary N) is 1. The van der Waals surface area contributed by atoms with Crippen molar-refractivity contribution in [2.45, 2.75) is 37.0 Å². The molecule has 0 spiro atoms. The van der Waals surface area contributed by atoms with E-state index in [1.165, 1.54) is 0 Å². The van der Waals surface area contributed by atoms with Crippen LogP contribution in [0.25, 0.3) is 0 Å². The molecule has 2 heterocycles. The summed E-state index contributed by atoms with van der Waals surface area (Å²) in [4.78, 5) is 4.90. The maximum Gasteiger partial charge on any atom is 0.242 e. The third-order valence-corrected chi connectivity index (χ3v) is 2.89. The lowest BCUT2D eigenvalue weighted by Crippen LogP contribution is -2.51. The summed E-state index contributed by atoms with van der Waals surface area (Å²) in [6.45, 7) is 1.87. The Kier molecular flexibility index (Phi) is 2.12. The van der Waals surface area contributed by atoms with Gasteiger partial charge in [-0.2, -0.15) is 0 Å². The Morgan fingerprint density at radius 3 is 2.69 bits per heavy atom. The van der Waals surface area contributed by atoms with Crippen LogP contribution < -0.4 is 5.90 Å². The van der Waals surface area contributed by atoms with Crippen molar-refractivity contribution in [2.75, 3.05) is 7.11 Å². The first-order valence-corrected chi connectivity index (χ1v) is 4.39. The Morgan fingerprint density at radius 2 is 2.23 bits per heavy atom. The summed E-state index contributed by atoms with van der Waals surface area (Å²) in [6.07, 6.45) is -0.505. The topological polar surface area (TPSA) is 62.9 Å². The van der Waals surface area contributed by atoms with Crippen LogP contribution in [0, 0.1) is 0 Å². The van der Waals surface area contributed by atoms with Gasteiger partial charge in [-0.1, -0.05) is 0 Å². The van der Waals surface area contributed by atoms with Gasteiger partial charge in [0.2, 0.25) is 5.79 Å². The minimum Gasteiger partial charge on any atom is -0.373 e. The van der Waals surface area contributed by atoms with Crippen LogP contribution in [0.2, 0.25) is 0 Å². The summed E-state index contributed by atoms with van der Waals surface area (Å²) < 4.78 is 16.5. The molecule has 2 aliphatic rings. The van der Waals surface area contributed by atoms with E-state index in [9.17, 15) is 0 Å². The molecule has 2 saturated heterocycles. The third kappa shape index (κ3) is 1.01. The molecule has 0 aromatic rings. The zero-order chi connectivity index (χ0) is 9.64. The Morgan fingerprint density at radius 1 is 1.54 bits per heavy atom. The molecule has 0 radical (unpaired) electrons. The molecule has 2 fully saturated rings. The van der Waals surface area contributed by atoms with Gasteiger partial charge in [-0.25, -0.2) is 5.90 Å². The number of hydrogen-bond donors (Lipinski definition) is 1. The zero-order valence-corrected chi connectivity index (χ0v) is 8.02. The van der Waals surface area contributed by atoms with Crippen molar-refractivity contribution in [3.05, 3.63) is 0 Å². The molecule has 0 saturated carbocycles. The van der Waals surface area contributed by atoms with Crippen molar-refractivity contribution in [1.82, 2.24) is 0 Å². The van der Waals surface area contributed by atoms with Crippen LogP contribution in [0.4, 0.5) is 0 Å². The lowest BCUT2D eigenvalue weighted by molar-refractivity contribution is -0.294. The van der Waals surface area contributed by atoms with Gasteiger partial charge < -0.3 is 14.2 Å². The highest BCUT2D eigenvalue weighted by Gasteiger charge is 2.65. The quantitative estimate of drug-likeness (QED) is 0.415. The fourth-order valence-corrected chi connectivity index (χ4v) is 2.23. The normalized spacial score (nSPS) is 54.4. The van der Waals surface area contributed by atoms with Gasteiger partial charge in [0, 0.05) is 7.11 Å². The molecule has 6 heteroatoms. The standard InChI is InChI=1S/C7H14BNO4/c1-3-7(13-9)5(10-2)4(11-3)6(8)12-7/h3-6H,8-9H2,1-2H3/t3-,4?,5?,6+,7+/m0/s1. The van der Waals surface area contributed by atoms with Gasteiger partial charge in [0.05, 0.1) is 6.00 Å². The van der Waals surface area contributed by atoms with Crippen LogP contribution in [0.15, 0.2) is 0 Å². The summed E-state index contributed by atoms with van der Waals surface area (Å²) >= 11 is 0. The highest BCUT2D eigenvalue weighted by molar-refractivity contribution is 6.11. The predicted molar refractivity (Wildman–Crippen MR) is 46.6 cm³/mol. The molecule has 2 unspecified atom stereocenters. The third-order valence-electron chi connectivity index (χ3n) is 2.89. The van der Waals surface area contributed by atoms with E-state index in [-0.39, 0.29) is 24.3 Å². The van der Waals surface area contributed by atoms with Crippen molar-refractivity contribution in [2.24, 2.45) is 5.90 Å². The first kappa shape index (κ1) is 9.42. The van der Waals surface area contributed by atoms with Gasteiger partial charge in [0.1, 0.15) is 26.2 Å². The molecule has 5 nitrogen and oxygen atoms in total. The summed E-state index contributed by atoms with van der Waals surface area (Å²) in [5, 5.41) is 0. The fraction of sp³-hybridized carbons (Fsp3) is 1.00. The second kappa shape index (κ2) is 2.93. The minimum atomic E-state index is -0.918. The highest BCUT2D eigenvalue weighted by Crippen LogP contribution is 2.44. The molecule has 2 bridgehead atoms. The van der Waals surface area contributed by atoms with Crippen molar-refractivity contribution < 1.29 is 19.0 Å². The van der Waals surface area contributed by atoms with Crippen LogP contribution in [-0.4, -0.2) is 45.1 Å². The first-order chi connectivity index (χ1) is 6.15. The molecule has 0 aromatic heterocycles. The van der Waals surface area contributed by atoms with E-state index in [2.05, 4.69) is 0 Å². The molecule has 2 N–H and O–H groups in total. The van der Waals surface area contributed by atoms with E-state index in [1.54, 1.807) is 7.11 Å². The van der Waals surface area contributed by atoms with Crippen molar-refractivity contribution >= 4 is 7.85 Å². The summed E-state index contributed by atoms with van der Waals surface area (Å²) in [7, 11) is 3.53. The van der Waals surface area contributed by atoms with Crippen molar-refractivity contribution in [3.63, 3.8) is 0 Å². The van der Waals surface area contributed by atoms with Gasteiger partial charge in [-0.15, -0.1) is 0 Å². The largest absolute Gasteiger partial charge is 0.373 e. The van der Waals surface area contributed by atoms with Gasteiger partial charge in [0.25, 0.3) is 0 Å². The molecule has 0 aromatic carbocycles. The number of rotatable bonds is 2. The summed E-state index contributed by atoms with van der Waals surface area (Å²) in [5.74, 6) is 4.32. The Hall–Kier alpha value is -0.135. The summed E-state index contributed by atoms with van der Waals surface area (Å²) in [5.41, 5.74) is 0. The van der Waals surface area contributed by atoms with Crippen LogP contribution in [0.1, 0.15) is 6.92 Å². The molecule has 74 valence electrons. The van der Waals surface area contributed by atoms with Gasteiger partial charge >= 0.3 is 0 Å². The van der Waals surface area contributed by atoms with E-state index in [4.69, 9.17) is 24.9 Å². The van der Waals surface area contributed by atoms with E-state index < -0.39 is 5.79 Å². The monoisotopic (exact) mass is 187 g/mol. The van der Waals surface area contributed by atoms with Crippen LogP contribution in [0.5, 0.6) is 0 Å². The average molecular weight is 187 g/mol. The molecular formula is C7H14BNO4. The summed E-state index contributed by atoms with van der Waals surface area (Å²) in [6, 6.07) is -0.0373. The number of hydrogen-bond acceptors (Lipinski definition) is 5. The zero-order valence-electron chi connectivity index (χ0n) is 8.02. The Labute approximate surface area is 77.8 Å². The molecular weight excluding hydrogens is 173 g/mol. The molecule has 0 aliphatic carbocycles. The second-order valence-electron chi connectivity index (χ2n) is 3.56. The fourth-order valence-electron chi connectivity index (χ4n) is 2.23. The van der Waals surface area contributed by atoms with Gasteiger partial charge in [0.15, 0.2) is 0 Å². The van der Waals surface area contributed by atoms with Gasteiger partial charge in [-0.3, -0.25) is 4.84 Å². The molecule has 2 rings (SSSR count). The number of fused-ring (bicyclic) bond motifs is 2. The van der Waals surface area contributed by atoms with E-state index >= 15 is 0 Å².